The first-order valence-corrected chi connectivity index (χ1v) is 11.3. The molecule has 1 amide bonds. The zero-order chi connectivity index (χ0) is 23.1. The monoisotopic (exact) mass is 436 g/mol. The molecule has 1 aliphatic heterocycles. The van der Waals surface area contributed by atoms with Crippen LogP contribution in [0, 0.1) is 0 Å². The molecular formula is C26H32N2O4. The van der Waals surface area contributed by atoms with Gasteiger partial charge in [0.05, 0.1) is 18.2 Å². The molecule has 1 heterocycles. The number of benzene rings is 2. The highest BCUT2D eigenvalue weighted by molar-refractivity contribution is 6.46. The van der Waals surface area contributed by atoms with E-state index in [-0.39, 0.29) is 11.3 Å². The topological polar surface area (TPSA) is 70.1 Å². The molecule has 0 radical (unpaired) electrons. The van der Waals surface area contributed by atoms with Crippen LogP contribution in [0.25, 0.3) is 5.76 Å². The average molecular weight is 437 g/mol. The summed E-state index contributed by atoms with van der Waals surface area (Å²) < 4.78 is 5.54. The first-order chi connectivity index (χ1) is 15.5. The highest BCUT2D eigenvalue weighted by Crippen LogP contribution is 2.39. The summed E-state index contributed by atoms with van der Waals surface area (Å²) in [5.74, 6) is -0.638. The lowest BCUT2D eigenvalue weighted by Crippen LogP contribution is -2.33. The molecule has 6 heteroatoms. The van der Waals surface area contributed by atoms with E-state index < -0.39 is 17.7 Å². The third-order valence-electron chi connectivity index (χ3n) is 5.86. The van der Waals surface area contributed by atoms with Crippen LogP contribution in [0.5, 0.6) is 5.75 Å². The summed E-state index contributed by atoms with van der Waals surface area (Å²) in [4.78, 5) is 29.9. The first kappa shape index (κ1) is 23.5. The number of aliphatic hydroxyl groups is 1. The van der Waals surface area contributed by atoms with Crippen molar-refractivity contribution in [3.05, 3.63) is 71.3 Å². The fraction of sp³-hybridized carbons (Fsp3) is 0.385. The second-order valence-electron chi connectivity index (χ2n) is 7.74. The quantitative estimate of drug-likeness (QED) is 0.343. The van der Waals surface area contributed by atoms with E-state index in [0.717, 1.165) is 37.4 Å². The Morgan fingerprint density at radius 1 is 1.00 bits per heavy atom. The van der Waals surface area contributed by atoms with E-state index in [0.29, 0.717) is 18.7 Å². The molecule has 3 rings (SSSR count). The van der Waals surface area contributed by atoms with Gasteiger partial charge in [-0.15, -0.1) is 0 Å². The van der Waals surface area contributed by atoms with Crippen LogP contribution in [0.4, 0.5) is 0 Å². The third-order valence-corrected chi connectivity index (χ3v) is 5.86. The standard InChI is InChI=1S/C26H32N2O4/c1-4-27(5-2)17-10-18-28-23(19-13-15-21(16-14-19)32-6-3)22(25(30)26(28)31)24(29)20-11-8-7-9-12-20/h7-9,11-16,23,29H,4-6,10,17-18H2,1-3H3/b24-22+/t23-/m1/s1. The normalized spacial score (nSPS) is 17.9. The number of ether oxygens (including phenoxy) is 1. The van der Waals surface area contributed by atoms with Crippen LogP contribution >= 0.6 is 0 Å². The molecule has 1 saturated heterocycles. The molecule has 170 valence electrons. The molecule has 6 nitrogen and oxygen atoms in total. The summed E-state index contributed by atoms with van der Waals surface area (Å²) in [6, 6.07) is 15.6. The lowest BCUT2D eigenvalue weighted by Gasteiger charge is -2.27. The third kappa shape index (κ3) is 5.02. The number of likely N-dealkylation sites (tertiary alicyclic amines) is 1. The van der Waals surface area contributed by atoms with Crippen molar-refractivity contribution >= 4 is 17.4 Å². The van der Waals surface area contributed by atoms with Gasteiger partial charge in [0.25, 0.3) is 11.7 Å². The van der Waals surface area contributed by atoms with Crippen LogP contribution in [0.1, 0.15) is 44.4 Å². The van der Waals surface area contributed by atoms with Crippen molar-refractivity contribution in [1.82, 2.24) is 9.80 Å². The summed E-state index contributed by atoms with van der Waals surface area (Å²) in [7, 11) is 0. The molecule has 1 atom stereocenters. The number of aliphatic hydroxyl groups excluding tert-OH is 1. The molecule has 0 bridgehead atoms. The van der Waals surface area contributed by atoms with Crippen LogP contribution in [0.3, 0.4) is 0 Å². The van der Waals surface area contributed by atoms with E-state index in [1.54, 1.807) is 29.2 Å². The molecule has 1 aliphatic rings. The summed E-state index contributed by atoms with van der Waals surface area (Å²) in [6.07, 6.45) is 0.744. The van der Waals surface area contributed by atoms with Gasteiger partial charge in [-0.1, -0.05) is 56.3 Å². The molecule has 2 aromatic rings. The summed E-state index contributed by atoms with van der Waals surface area (Å²) in [6.45, 7) is 9.83. The van der Waals surface area contributed by atoms with Gasteiger partial charge < -0.3 is 19.6 Å². The van der Waals surface area contributed by atoms with Gasteiger partial charge in [0.2, 0.25) is 0 Å². The van der Waals surface area contributed by atoms with Crippen molar-refractivity contribution in [2.45, 2.75) is 33.2 Å². The van der Waals surface area contributed by atoms with Gasteiger partial charge in [0.1, 0.15) is 11.5 Å². The average Bonchev–Trinajstić information content (AvgIpc) is 3.07. The minimum absolute atomic E-state index is 0.133. The molecule has 1 N–H and O–H groups in total. The van der Waals surface area contributed by atoms with Gasteiger partial charge in [-0.2, -0.15) is 0 Å². The highest BCUT2D eigenvalue weighted by atomic mass is 16.5. The Morgan fingerprint density at radius 3 is 2.25 bits per heavy atom. The maximum Gasteiger partial charge on any atom is 0.295 e. The van der Waals surface area contributed by atoms with Crippen LogP contribution < -0.4 is 4.74 Å². The Balaban J connectivity index is 1.99. The van der Waals surface area contributed by atoms with Gasteiger partial charge in [-0.25, -0.2) is 0 Å². The second-order valence-corrected chi connectivity index (χ2v) is 7.74. The summed E-state index contributed by atoms with van der Waals surface area (Å²) in [5, 5.41) is 11.0. The van der Waals surface area contributed by atoms with Gasteiger partial charge in [-0.05, 0) is 50.7 Å². The molecular weight excluding hydrogens is 404 g/mol. The smallest absolute Gasteiger partial charge is 0.295 e. The number of rotatable bonds is 10. The molecule has 0 saturated carbocycles. The highest BCUT2D eigenvalue weighted by Gasteiger charge is 2.45. The maximum atomic E-state index is 13.0. The molecule has 0 spiro atoms. The van der Waals surface area contributed by atoms with Gasteiger partial charge in [-0.3, -0.25) is 9.59 Å². The van der Waals surface area contributed by atoms with Gasteiger partial charge >= 0.3 is 0 Å². The van der Waals surface area contributed by atoms with Crippen LogP contribution in [-0.4, -0.2) is 59.4 Å². The van der Waals surface area contributed by atoms with Crippen LogP contribution in [-0.2, 0) is 9.59 Å². The minimum atomic E-state index is -0.645. The molecule has 0 aromatic heterocycles. The van der Waals surface area contributed by atoms with Crippen molar-refractivity contribution < 1.29 is 19.4 Å². The maximum absolute atomic E-state index is 13.0. The Labute approximate surface area is 190 Å². The Morgan fingerprint density at radius 2 is 1.66 bits per heavy atom. The number of nitrogens with zero attached hydrogens (tertiary/aromatic N) is 2. The number of hydrogen-bond acceptors (Lipinski definition) is 5. The van der Waals surface area contributed by atoms with Crippen LogP contribution in [0.2, 0.25) is 0 Å². The van der Waals surface area contributed by atoms with E-state index in [9.17, 15) is 14.7 Å². The SMILES string of the molecule is CCOc1ccc([C@@H]2/C(=C(\O)c3ccccc3)C(=O)C(=O)N2CCCN(CC)CC)cc1. The predicted molar refractivity (Wildman–Crippen MR) is 125 cm³/mol. The molecule has 2 aromatic carbocycles. The minimum Gasteiger partial charge on any atom is -0.507 e. The fourth-order valence-electron chi connectivity index (χ4n) is 4.13. The number of Topliss-reactive ketones (excluding diaryl/α,β-unsaturated/α-hetero) is 1. The van der Waals surface area contributed by atoms with E-state index >= 15 is 0 Å². The molecule has 0 aliphatic carbocycles. The Hall–Kier alpha value is -3.12. The van der Waals surface area contributed by atoms with Gasteiger partial charge in [0, 0.05) is 12.1 Å². The summed E-state index contributed by atoms with van der Waals surface area (Å²) in [5.41, 5.74) is 1.42. The van der Waals surface area contributed by atoms with Crippen molar-refractivity contribution in [1.29, 1.82) is 0 Å². The molecule has 1 fully saturated rings. The zero-order valence-corrected chi connectivity index (χ0v) is 19.1. The van der Waals surface area contributed by atoms with Crippen LogP contribution in [0.15, 0.2) is 60.2 Å². The van der Waals surface area contributed by atoms with E-state index in [1.165, 1.54) is 0 Å². The van der Waals surface area contributed by atoms with E-state index in [1.807, 2.05) is 37.3 Å². The number of ketones is 1. The van der Waals surface area contributed by atoms with Crippen molar-refractivity contribution in [3.8, 4) is 5.75 Å². The van der Waals surface area contributed by atoms with E-state index in [2.05, 4.69) is 18.7 Å². The Bertz CT molecular complexity index is 950. The summed E-state index contributed by atoms with van der Waals surface area (Å²) >= 11 is 0. The first-order valence-electron chi connectivity index (χ1n) is 11.3. The number of hydrogen-bond donors (Lipinski definition) is 1. The second kappa shape index (κ2) is 11.0. The van der Waals surface area contributed by atoms with Crippen molar-refractivity contribution in [2.75, 3.05) is 32.8 Å². The number of carbonyl (C=O) groups is 2. The molecule has 32 heavy (non-hydrogen) atoms. The largest absolute Gasteiger partial charge is 0.507 e. The lowest BCUT2D eigenvalue weighted by molar-refractivity contribution is -0.140. The Kier molecular flexibility index (Phi) is 8.06. The zero-order valence-electron chi connectivity index (χ0n) is 19.1. The predicted octanol–water partition coefficient (Wildman–Crippen LogP) is 4.24. The van der Waals surface area contributed by atoms with Crippen molar-refractivity contribution in [2.24, 2.45) is 0 Å². The van der Waals surface area contributed by atoms with Gasteiger partial charge in [0.15, 0.2) is 0 Å². The van der Waals surface area contributed by atoms with E-state index in [4.69, 9.17) is 4.74 Å². The molecule has 0 unspecified atom stereocenters. The number of carbonyl (C=O) groups excluding carboxylic acids is 2. The fourth-order valence-corrected chi connectivity index (χ4v) is 4.13. The lowest BCUT2D eigenvalue weighted by atomic mass is 9.95. The number of amides is 1. The van der Waals surface area contributed by atoms with Crippen molar-refractivity contribution in [3.63, 3.8) is 0 Å².